The quantitative estimate of drug-likeness (QED) is 0.441. The first-order valence-electron chi connectivity index (χ1n) is 12.0. The average Bonchev–Trinajstić information content (AvgIpc) is 3.71. The van der Waals surface area contributed by atoms with Crippen LogP contribution in [-0.2, 0) is 0 Å². The van der Waals surface area contributed by atoms with E-state index in [0.29, 0.717) is 11.7 Å². The third-order valence-electron chi connectivity index (χ3n) is 7.46. The Balaban J connectivity index is 1.36. The molecule has 1 aliphatic heterocycles. The molecule has 34 heavy (non-hydrogen) atoms. The summed E-state index contributed by atoms with van der Waals surface area (Å²) in [5.41, 5.74) is 9.62. The molecule has 3 N–H and O–H groups in total. The van der Waals surface area contributed by atoms with Crippen LogP contribution in [0.15, 0.2) is 29.9 Å². The third kappa shape index (κ3) is 3.38. The van der Waals surface area contributed by atoms with E-state index in [1.807, 2.05) is 23.7 Å². The lowest BCUT2D eigenvalue weighted by atomic mass is 10.0. The highest BCUT2D eigenvalue weighted by molar-refractivity contribution is 7.17. The lowest BCUT2D eigenvalue weighted by Gasteiger charge is -2.40. The number of nitrogens with two attached hydrogens (primary N) is 1. The summed E-state index contributed by atoms with van der Waals surface area (Å²) in [6.07, 6.45) is 8.85. The predicted molar refractivity (Wildman–Crippen MR) is 134 cm³/mol. The number of likely N-dealkylation sites (tertiary alicyclic amines) is 1. The topological polar surface area (TPSA) is 93.1 Å². The molecule has 7 nitrogen and oxygen atoms in total. The van der Waals surface area contributed by atoms with E-state index in [1.165, 1.54) is 12.8 Å². The normalized spacial score (nSPS) is 20.8. The molecule has 3 aliphatic rings. The first-order valence-corrected chi connectivity index (χ1v) is 12.9. The number of thiophene rings is 1. The molecular formula is C26H26N6OS. The molecule has 2 saturated carbocycles. The second-order valence-electron chi connectivity index (χ2n) is 10.1. The molecule has 4 aromatic heterocycles. The minimum atomic E-state index is -0.964. The highest BCUT2D eigenvalue weighted by Gasteiger charge is 2.40. The number of pyridine rings is 1. The largest absolute Gasteiger partial charge is 0.378 e. The fourth-order valence-corrected chi connectivity index (χ4v) is 5.95. The van der Waals surface area contributed by atoms with Crippen LogP contribution in [-0.4, -0.2) is 54.3 Å². The van der Waals surface area contributed by atoms with Crippen LogP contribution in [0.2, 0.25) is 0 Å². The van der Waals surface area contributed by atoms with Gasteiger partial charge in [0.15, 0.2) is 0 Å². The molecule has 0 bridgehead atoms. The Hall–Kier alpha value is -2.99. The minimum Gasteiger partial charge on any atom is -0.378 e. The SMILES string of the molecule is CC(O)(C#Cc1cc2c(-c3nc(N)nc4ccsc34)cn(C3CN(C4CC4)C3)c2cn1)C1CC1. The molecule has 1 unspecified atom stereocenters. The van der Waals surface area contributed by atoms with Crippen LogP contribution in [0.4, 0.5) is 5.95 Å². The summed E-state index contributed by atoms with van der Waals surface area (Å²) in [5.74, 6) is 6.74. The van der Waals surface area contributed by atoms with Gasteiger partial charge in [-0.3, -0.25) is 4.90 Å². The molecule has 4 aromatic rings. The highest BCUT2D eigenvalue weighted by atomic mass is 32.1. The Labute approximate surface area is 201 Å². The summed E-state index contributed by atoms with van der Waals surface area (Å²) in [5, 5.41) is 13.7. The number of anilines is 1. The van der Waals surface area contributed by atoms with Crippen LogP contribution < -0.4 is 5.73 Å². The third-order valence-corrected chi connectivity index (χ3v) is 8.37. The van der Waals surface area contributed by atoms with Gasteiger partial charge in [0.25, 0.3) is 0 Å². The van der Waals surface area contributed by atoms with Crippen LogP contribution in [0.5, 0.6) is 0 Å². The standard InChI is InChI=1S/C26H26N6OS/c1-26(33,15-2-3-15)8-6-16-10-19-20(23-24-21(7-9-34-24)29-25(27)30-23)14-32(22(19)11-28-16)18-12-31(13-18)17-4-5-17/h7,9-11,14-15,17-18,33H,2-5,12-13H2,1H3,(H2,27,29,30). The maximum Gasteiger partial charge on any atom is 0.221 e. The second kappa shape index (κ2) is 7.25. The van der Waals surface area contributed by atoms with Crippen molar-refractivity contribution < 1.29 is 5.11 Å². The second-order valence-corrected chi connectivity index (χ2v) is 11.0. The smallest absolute Gasteiger partial charge is 0.221 e. The Morgan fingerprint density at radius 1 is 1.18 bits per heavy atom. The lowest BCUT2D eigenvalue weighted by Crippen LogP contribution is -2.48. The molecule has 1 atom stereocenters. The molecule has 0 spiro atoms. The predicted octanol–water partition coefficient (Wildman–Crippen LogP) is 3.82. The summed E-state index contributed by atoms with van der Waals surface area (Å²) in [4.78, 5) is 16.3. The van der Waals surface area contributed by atoms with Crippen molar-refractivity contribution in [1.29, 1.82) is 0 Å². The minimum absolute atomic E-state index is 0.268. The van der Waals surface area contributed by atoms with E-state index in [-0.39, 0.29) is 11.9 Å². The van der Waals surface area contributed by atoms with Gasteiger partial charge in [0.2, 0.25) is 5.95 Å². The van der Waals surface area contributed by atoms with Crippen LogP contribution in [0.25, 0.3) is 32.4 Å². The van der Waals surface area contributed by atoms with E-state index in [9.17, 15) is 5.11 Å². The molecule has 7 rings (SSSR count). The van der Waals surface area contributed by atoms with Gasteiger partial charge in [-0.2, -0.15) is 0 Å². The van der Waals surface area contributed by atoms with E-state index >= 15 is 0 Å². The van der Waals surface area contributed by atoms with Gasteiger partial charge in [-0.1, -0.05) is 5.92 Å². The van der Waals surface area contributed by atoms with E-state index in [2.05, 4.69) is 42.5 Å². The van der Waals surface area contributed by atoms with Crippen molar-refractivity contribution in [2.45, 2.75) is 50.3 Å². The molecule has 0 amide bonds. The van der Waals surface area contributed by atoms with Gasteiger partial charge in [0.05, 0.1) is 33.7 Å². The van der Waals surface area contributed by atoms with E-state index in [4.69, 9.17) is 5.73 Å². The zero-order valence-electron chi connectivity index (χ0n) is 19.0. The molecular weight excluding hydrogens is 444 g/mol. The van der Waals surface area contributed by atoms with Crippen molar-refractivity contribution in [2.24, 2.45) is 5.92 Å². The number of aromatic nitrogens is 4. The number of nitrogen functional groups attached to an aromatic ring is 1. The molecule has 8 heteroatoms. The Morgan fingerprint density at radius 2 is 2.00 bits per heavy atom. The van der Waals surface area contributed by atoms with Crippen molar-refractivity contribution >= 4 is 38.4 Å². The van der Waals surface area contributed by atoms with Gasteiger partial charge in [-0.05, 0) is 62.0 Å². The lowest BCUT2D eigenvalue weighted by molar-refractivity contribution is 0.0980. The fourth-order valence-electron chi connectivity index (χ4n) is 5.11. The van der Waals surface area contributed by atoms with Gasteiger partial charge in [-0.25, -0.2) is 15.0 Å². The number of rotatable bonds is 4. The molecule has 0 aromatic carbocycles. The fraction of sp³-hybridized carbons (Fsp3) is 0.423. The zero-order chi connectivity index (χ0) is 23.0. The van der Waals surface area contributed by atoms with Crippen molar-refractivity contribution in [2.75, 3.05) is 18.8 Å². The molecule has 3 fully saturated rings. The highest BCUT2D eigenvalue weighted by Crippen LogP contribution is 2.41. The molecule has 0 radical (unpaired) electrons. The van der Waals surface area contributed by atoms with Crippen LogP contribution in [0.1, 0.15) is 44.3 Å². The van der Waals surface area contributed by atoms with Gasteiger partial charge in [0.1, 0.15) is 11.3 Å². The van der Waals surface area contributed by atoms with E-state index in [0.717, 1.165) is 64.3 Å². The molecule has 2 aliphatic carbocycles. The summed E-state index contributed by atoms with van der Waals surface area (Å²) >= 11 is 1.63. The number of hydrogen-bond acceptors (Lipinski definition) is 7. The Bertz CT molecular complexity index is 1490. The monoisotopic (exact) mass is 470 g/mol. The Kier molecular flexibility index (Phi) is 4.35. The maximum absolute atomic E-state index is 10.6. The first-order chi connectivity index (χ1) is 16.5. The van der Waals surface area contributed by atoms with Gasteiger partial charge >= 0.3 is 0 Å². The van der Waals surface area contributed by atoms with Crippen molar-refractivity contribution in [3.05, 3.63) is 35.6 Å². The van der Waals surface area contributed by atoms with Gasteiger partial charge in [-0.15, -0.1) is 11.3 Å². The van der Waals surface area contributed by atoms with Crippen molar-refractivity contribution in [3.63, 3.8) is 0 Å². The van der Waals surface area contributed by atoms with Crippen LogP contribution >= 0.6 is 11.3 Å². The number of aliphatic hydroxyl groups is 1. The molecule has 172 valence electrons. The average molecular weight is 471 g/mol. The Morgan fingerprint density at radius 3 is 2.76 bits per heavy atom. The summed E-state index contributed by atoms with van der Waals surface area (Å²) in [7, 11) is 0. The van der Waals surface area contributed by atoms with Gasteiger partial charge < -0.3 is 15.4 Å². The van der Waals surface area contributed by atoms with Crippen LogP contribution in [0.3, 0.4) is 0 Å². The van der Waals surface area contributed by atoms with Gasteiger partial charge in [0, 0.05) is 36.3 Å². The van der Waals surface area contributed by atoms with Crippen molar-refractivity contribution in [1.82, 2.24) is 24.4 Å². The maximum atomic E-state index is 10.6. The number of fused-ring (bicyclic) bond motifs is 2. The number of hydrogen-bond donors (Lipinski definition) is 2. The molecule has 1 saturated heterocycles. The summed E-state index contributed by atoms with van der Waals surface area (Å²) in [6.45, 7) is 3.94. The van der Waals surface area contributed by atoms with E-state index in [1.54, 1.807) is 18.3 Å². The summed E-state index contributed by atoms with van der Waals surface area (Å²) in [6, 6.07) is 5.22. The van der Waals surface area contributed by atoms with Crippen molar-refractivity contribution in [3.8, 4) is 23.1 Å². The first kappa shape index (κ1) is 20.4. The molecule has 5 heterocycles. The number of nitrogens with zero attached hydrogens (tertiary/aromatic N) is 5. The zero-order valence-corrected chi connectivity index (χ0v) is 19.8. The van der Waals surface area contributed by atoms with E-state index < -0.39 is 5.60 Å². The van der Waals surface area contributed by atoms with Crippen LogP contribution in [0, 0.1) is 17.8 Å². The summed E-state index contributed by atoms with van der Waals surface area (Å²) < 4.78 is 3.38.